The number of aromatic nitrogens is 2. The summed E-state index contributed by atoms with van der Waals surface area (Å²) >= 11 is 0. The molecule has 4 aromatic rings. The van der Waals surface area contributed by atoms with Crippen molar-refractivity contribution >= 4 is 39.8 Å². The third-order valence-corrected chi connectivity index (χ3v) is 8.07. The lowest BCUT2D eigenvalue weighted by molar-refractivity contribution is -0.123. The summed E-state index contributed by atoms with van der Waals surface area (Å²) in [6.45, 7) is 5.85. The number of carbonyl (C=O) groups is 3. The van der Waals surface area contributed by atoms with E-state index in [2.05, 4.69) is 16.0 Å². The van der Waals surface area contributed by atoms with E-state index in [1.165, 1.54) is 4.90 Å². The number of aromatic amines is 2. The third-order valence-electron chi connectivity index (χ3n) is 8.07. The van der Waals surface area contributed by atoms with Crippen LogP contribution in [-0.4, -0.2) is 88.3 Å². The van der Waals surface area contributed by atoms with Crippen LogP contribution in [0.25, 0.3) is 21.8 Å². The molecule has 0 saturated carbocycles. The molecule has 2 aliphatic heterocycles. The van der Waals surface area contributed by atoms with Gasteiger partial charge in [-0.15, -0.1) is 0 Å². The molecule has 2 saturated heterocycles. The number of hydrogen-bond acceptors (Lipinski definition) is 6. The lowest BCUT2D eigenvalue weighted by atomic mass is 9.87. The molecule has 0 radical (unpaired) electrons. The van der Waals surface area contributed by atoms with E-state index in [-0.39, 0.29) is 30.3 Å². The molecule has 2 aliphatic rings. The number of nitrogens with one attached hydrogen (secondary N) is 2. The fourth-order valence-electron chi connectivity index (χ4n) is 5.98. The van der Waals surface area contributed by atoms with Gasteiger partial charge in [-0.1, -0.05) is 36.4 Å². The van der Waals surface area contributed by atoms with Crippen molar-refractivity contribution in [1.82, 2.24) is 19.8 Å². The average Bonchev–Trinajstić information content (AvgIpc) is 3.62. The lowest BCUT2D eigenvalue weighted by Gasteiger charge is -2.35. The van der Waals surface area contributed by atoms with Gasteiger partial charge in [-0.3, -0.25) is 4.79 Å². The fourth-order valence-corrected chi connectivity index (χ4v) is 5.98. The first-order chi connectivity index (χ1) is 20.4. The summed E-state index contributed by atoms with van der Waals surface area (Å²) in [6, 6.07) is 16.0. The summed E-state index contributed by atoms with van der Waals surface area (Å²) in [7, 11) is 0. The maximum absolute atomic E-state index is 12.4. The number of aliphatic hydroxyl groups excluding tert-OH is 1. The summed E-state index contributed by atoms with van der Waals surface area (Å²) in [6.07, 6.45) is 3.95. The quantitative estimate of drug-likeness (QED) is 0.309. The monoisotopic (exact) mass is 574 g/mol. The van der Waals surface area contributed by atoms with Crippen LogP contribution in [-0.2, 0) is 14.3 Å². The molecule has 10 heteroatoms. The van der Waals surface area contributed by atoms with E-state index >= 15 is 0 Å². The van der Waals surface area contributed by atoms with Gasteiger partial charge in [0.25, 0.3) is 0 Å². The zero-order valence-electron chi connectivity index (χ0n) is 24.0. The minimum atomic E-state index is -0.567. The van der Waals surface area contributed by atoms with Gasteiger partial charge >= 0.3 is 12.2 Å². The Balaban J connectivity index is 0.000000168. The molecular weight excluding hydrogens is 536 g/mol. The molecule has 4 heterocycles. The summed E-state index contributed by atoms with van der Waals surface area (Å²) in [5.74, 6) is -0.0299. The number of likely N-dealkylation sites (tertiary alicyclic amines) is 2. The molecule has 10 nitrogen and oxygen atoms in total. The molecule has 3 unspecified atom stereocenters. The van der Waals surface area contributed by atoms with Crippen molar-refractivity contribution in [3.05, 3.63) is 72.1 Å². The molecule has 6 rings (SSSR count). The van der Waals surface area contributed by atoms with E-state index in [9.17, 15) is 19.5 Å². The molecule has 0 bridgehead atoms. The lowest BCUT2D eigenvalue weighted by Crippen LogP contribution is -2.45. The number of amides is 2. The Kier molecular flexibility index (Phi) is 9.12. The van der Waals surface area contributed by atoms with Crippen LogP contribution in [0.1, 0.15) is 49.7 Å². The Hall–Kier alpha value is -4.31. The smallest absolute Gasteiger partial charge is 0.410 e. The van der Waals surface area contributed by atoms with Crippen LogP contribution in [0.2, 0.25) is 0 Å². The summed E-state index contributed by atoms with van der Waals surface area (Å²) in [5, 5.41) is 12.7. The van der Waals surface area contributed by atoms with Gasteiger partial charge in [0.2, 0.25) is 0 Å². The maximum atomic E-state index is 12.4. The number of hydrogen-bond donors (Lipinski definition) is 3. The molecule has 42 heavy (non-hydrogen) atoms. The van der Waals surface area contributed by atoms with E-state index in [0.29, 0.717) is 39.3 Å². The van der Waals surface area contributed by atoms with Gasteiger partial charge in [-0.05, 0) is 49.9 Å². The zero-order chi connectivity index (χ0) is 29.6. The highest BCUT2D eigenvalue weighted by molar-refractivity contribution is 5.95. The molecule has 3 N–H and O–H groups in total. The van der Waals surface area contributed by atoms with Gasteiger partial charge in [0, 0.05) is 59.1 Å². The van der Waals surface area contributed by atoms with E-state index in [4.69, 9.17) is 9.47 Å². The van der Waals surface area contributed by atoms with Gasteiger partial charge in [-0.2, -0.15) is 0 Å². The van der Waals surface area contributed by atoms with Crippen LogP contribution in [0.5, 0.6) is 0 Å². The van der Waals surface area contributed by atoms with Crippen LogP contribution in [0.15, 0.2) is 60.9 Å². The molecule has 3 atom stereocenters. The van der Waals surface area contributed by atoms with Gasteiger partial charge < -0.3 is 34.3 Å². The molecular formula is C32H38N4O6. The molecule has 0 aliphatic carbocycles. The Labute approximate surface area is 244 Å². The van der Waals surface area contributed by atoms with Crippen molar-refractivity contribution < 1.29 is 29.0 Å². The van der Waals surface area contributed by atoms with Gasteiger partial charge in [0.15, 0.2) is 5.78 Å². The van der Waals surface area contributed by atoms with Crippen molar-refractivity contribution in [2.45, 2.75) is 44.6 Å². The third kappa shape index (κ3) is 6.13. The molecule has 2 fully saturated rings. The van der Waals surface area contributed by atoms with Crippen molar-refractivity contribution in [2.24, 2.45) is 0 Å². The topological polar surface area (TPSA) is 128 Å². The number of H-pyrrole nitrogens is 2. The fraction of sp³-hybridized carbons (Fsp3) is 0.406. The molecule has 0 spiro atoms. The molecule has 2 amide bonds. The van der Waals surface area contributed by atoms with E-state index in [1.54, 1.807) is 18.7 Å². The highest BCUT2D eigenvalue weighted by Gasteiger charge is 2.34. The highest BCUT2D eigenvalue weighted by atomic mass is 16.6. The number of benzene rings is 2. The summed E-state index contributed by atoms with van der Waals surface area (Å²) < 4.78 is 9.95. The number of aliphatic hydroxyl groups is 1. The Morgan fingerprint density at radius 2 is 1.38 bits per heavy atom. The largest absolute Gasteiger partial charge is 0.450 e. The first kappa shape index (κ1) is 29.2. The zero-order valence-corrected chi connectivity index (χ0v) is 24.0. The second-order valence-corrected chi connectivity index (χ2v) is 10.6. The number of nitrogens with zero attached hydrogens (tertiary/aromatic N) is 2. The first-order valence-corrected chi connectivity index (χ1v) is 14.6. The molecule has 2 aromatic heterocycles. The summed E-state index contributed by atoms with van der Waals surface area (Å²) in [5.41, 5.74) is 4.27. The van der Waals surface area contributed by atoms with Crippen molar-refractivity contribution in [2.75, 3.05) is 39.4 Å². The van der Waals surface area contributed by atoms with E-state index < -0.39 is 12.2 Å². The minimum Gasteiger partial charge on any atom is -0.450 e. The van der Waals surface area contributed by atoms with Gasteiger partial charge in [0.05, 0.1) is 32.4 Å². The number of Topliss-reactive ketones (excluding diaryl/α,β-unsaturated/α-hetero) is 1. The Bertz CT molecular complexity index is 1540. The highest BCUT2D eigenvalue weighted by Crippen LogP contribution is 2.34. The standard InChI is InChI=1S/C16H20N2O3.C16H18N2O3/c2*1-2-21-16(20)18-8-7-12(15(19)10-18)13-9-17-14-6-4-3-5-11(13)14/h3-6,9,12,15,17,19H,2,7-8,10H2,1H3;3-6,9,12,17H,2,7-8,10H2,1H3. The number of β-amino-alcohol motifs (C(OH)–C–C–N with tert-alkyl or cyclic N) is 1. The number of fused-ring (bicyclic) bond motifs is 2. The second-order valence-electron chi connectivity index (χ2n) is 10.6. The van der Waals surface area contributed by atoms with Crippen LogP contribution in [0.4, 0.5) is 9.59 Å². The number of ketones is 1. The molecule has 2 aromatic carbocycles. The van der Waals surface area contributed by atoms with Gasteiger partial charge in [0.1, 0.15) is 0 Å². The summed E-state index contributed by atoms with van der Waals surface area (Å²) in [4.78, 5) is 45.3. The number of para-hydroxylation sites is 2. The van der Waals surface area contributed by atoms with Crippen molar-refractivity contribution in [3.8, 4) is 0 Å². The number of ether oxygens (including phenoxy) is 2. The Morgan fingerprint density at radius 1 is 0.833 bits per heavy atom. The predicted octanol–water partition coefficient (Wildman–Crippen LogP) is 5.16. The van der Waals surface area contributed by atoms with Crippen LogP contribution < -0.4 is 0 Å². The van der Waals surface area contributed by atoms with Gasteiger partial charge in [-0.25, -0.2) is 9.59 Å². The first-order valence-electron chi connectivity index (χ1n) is 14.6. The number of carbonyl (C=O) groups excluding carboxylic acids is 3. The van der Waals surface area contributed by atoms with E-state index in [1.807, 2.05) is 54.9 Å². The minimum absolute atomic E-state index is 0.0480. The van der Waals surface area contributed by atoms with Crippen molar-refractivity contribution in [1.29, 1.82) is 0 Å². The maximum Gasteiger partial charge on any atom is 0.410 e. The number of piperidine rings is 2. The van der Waals surface area contributed by atoms with Crippen LogP contribution in [0.3, 0.4) is 0 Å². The SMILES string of the molecule is CCOC(=O)N1CCC(c2c[nH]c3ccccc23)C(=O)C1.CCOC(=O)N1CCC(c2c[nH]c3ccccc23)C(O)C1. The molecule has 222 valence electrons. The van der Waals surface area contributed by atoms with Crippen molar-refractivity contribution in [3.63, 3.8) is 0 Å². The predicted molar refractivity (Wildman–Crippen MR) is 160 cm³/mol. The number of rotatable bonds is 4. The average molecular weight is 575 g/mol. The normalized spacial score (nSPS) is 20.7. The Morgan fingerprint density at radius 3 is 1.98 bits per heavy atom. The second kappa shape index (κ2) is 13.1. The van der Waals surface area contributed by atoms with Crippen LogP contribution >= 0.6 is 0 Å². The van der Waals surface area contributed by atoms with Crippen LogP contribution in [0, 0.1) is 0 Å². The van der Waals surface area contributed by atoms with E-state index in [0.717, 1.165) is 39.4 Å².